The highest BCUT2D eigenvalue weighted by atomic mass is 16.3. The fourth-order valence-electron chi connectivity index (χ4n) is 7.36. The molecule has 0 aliphatic rings. The van der Waals surface area contributed by atoms with Crippen LogP contribution in [0.4, 0.5) is 0 Å². The van der Waals surface area contributed by atoms with E-state index in [0.717, 1.165) is 0 Å². The maximum Gasteiger partial charge on any atom is 0.245 e. The van der Waals surface area contributed by atoms with Crippen molar-refractivity contribution in [3.05, 3.63) is 10.4 Å². The molecule has 438 valence electrons. The highest BCUT2D eigenvalue weighted by molar-refractivity contribution is 5.98. The van der Waals surface area contributed by atoms with E-state index >= 15 is 0 Å². The van der Waals surface area contributed by atoms with Gasteiger partial charge in [-0.25, -0.2) is 0 Å². The Labute approximate surface area is 454 Å². The number of aliphatic imine (C=N–C) groups is 1. The van der Waals surface area contributed by atoms with Crippen LogP contribution in [0.15, 0.2) is 10.1 Å². The van der Waals surface area contributed by atoms with Crippen molar-refractivity contribution in [1.82, 2.24) is 47.9 Å². The van der Waals surface area contributed by atoms with Crippen LogP contribution < -0.4 is 76.5 Å². The predicted octanol–water partition coefficient (Wildman–Crippen LogP) is -4.23. The van der Waals surface area contributed by atoms with Crippen LogP contribution in [0.5, 0.6) is 0 Å². The number of terminal acetylenes is 1. The number of guanidine groups is 1. The Kier molecular flexibility index (Phi) is 34.9. The fourth-order valence-corrected chi connectivity index (χ4v) is 7.36. The van der Waals surface area contributed by atoms with Crippen LogP contribution in [-0.2, 0) is 52.7 Å². The molecule has 0 heterocycles. The maximum absolute atomic E-state index is 14.2. The molecule has 30 nitrogen and oxygen atoms in total. The third-order valence-corrected chi connectivity index (χ3v) is 12.0. The highest BCUT2D eigenvalue weighted by Gasteiger charge is 2.36. The number of carbonyl (C=O) groups excluding carboxylic acids is 11. The molecule has 1 unspecified atom stereocenters. The van der Waals surface area contributed by atoms with Crippen LogP contribution >= 0.6 is 0 Å². The van der Waals surface area contributed by atoms with Gasteiger partial charge >= 0.3 is 0 Å². The van der Waals surface area contributed by atoms with E-state index in [1.807, 2.05) is 0 Å². The Morgan fingerprint density at radius 2 is 1.14 bits per heavy atom. The number of unbranched alkanes of at least 4 members (excludes halogenated alkanes) is 1. The van der Waals surface area contributed by atoms with E-state index in [-0.39, 0.29) is 76.3 Å². The third kappa shape index (κ3) is 29.5. The number of hydrogen-bond donors (Lipinski definition) is 15. The zero-order valence-corrected chi connectivity index (χ0v) is 45.6. The van der Waals surface area contributed by atoms with Crippen molar-refractivity contribution in [2.45, 2.75) is 167 Å². The van der Waals surface area contributed by atoms with Gasteiger partial charge in [0, 0.05) is 37.3 Å². The zero-order chi connectivity index (χ0) is 59.5. The summed E-state index contributed by atoms with van der Waals surface area (Å²) in [5, 5.41) is 36.0. The molecule has 0 aliphatic heterocycles. The Bertz CT molecular complexity index is 2150. The van der Waals surface area contributed by atoms with E-state index in [4.69, 9.17) is 40.6 Å². The summed E-state index contributed by atoms with van der Waals surface area (Å²) in [6.45, 7) is 8.20. The lowest BCUT2D eigenvalue weighted by Gasteiger charge is -2.29. The van der Waals surface area contributed by atoms with E-state index < -0.39 is 151 Å². The molecule has 30 heteroatoms. The molecule has 0 aliphatic carbocycles. The first-order valence-corrected chi connectivity index (χ1v) is 25.8. The van der Waals surface area contributed by atoms with E-state index in [2.05, 4.69) is 68.8 Å². The molecule has 0 bridgehead atoms. The topological polar surface area (TPSA) is 507 Å². The molecule has 0 saturated heterocycles. The first-order valence-electron chi connectivity index (χ1n) is 25.8. The number of aliphatic hydroxyl groups excluding tert-OH is 1. The number of nitrogens with one attached hydrogen (secondary N) is 9. The van der Waals surface area contributed by atoms with Crippen molar-refractivity contribution < 1.29 is 57.8 Å². The molecule has 0 rings (SSSR count). The molecule has 0 saturated carbocycles. The van der Waals surface area contributed by atoms with Crippen LogP contribution in [0, 0.1) is 30.1 Å². The SMILES string of the molecule is C#CC(C)CC[C@H](NC(=O)[C@H](CCC(N)=O)NC(=O)[C@@H](NC(=O)[C@H](CO)NC(=O)[C@H](CCN=[N+]=[N-])NC(=O)CNC(=O)[C@H](CCCCN)NC(C)=O)[C@@H](C)CC)C(=O)N[C@@H](CC(C)C)C(=O)N[C@@H](CCCN=C(N)N)C(N)=O. The summed E-state index contributed by atoms with van der Waals surface area (Å²) >= 11 is 0. The maximum atomic E-state index is 14.2. The Morgan fingerprint density at radius 3 is 1.67 bits per heavy atom. The summed E-state index contributed by atoms with van der Waals surface area (Å²) in [5.74, 6) is -8.36. The summed E-state index contributed by atoms with van der Waals surface area (Å²) in [6.07, 6.45) is 6.53. The highest BCUT2D eigenvalue weighted by Crippen LogP contribution is 2.14. The van der Waals surface area contributed by atoms with Gasteiger partial charge in [-0.2, -0.15) is 0 Å². The quantitative estimate of drug-likeness (QED) is 0.00526. The number of nitrogens with two attached hydrogens (primary N) is 5. The number of amides is 11. The number of nitrogens with zero attached hydrogens (tertiary/aromatic N) is 4. The van der Waals surface area contributed by atoms with Crippen molar-refractivity contribution in [3.63, 3.8) is 0 Å². The summed E-state index contributed by atoms with van der Waals surface area (Å²) in [6, 6.07) is -11.1. The van der Waals surface area contributed by atoms with Crippen LogP contribution in [-0.4, -0.2) is 157 Å². The average molecular weight is 1110 g/mol. The molecule has 0 fully saturated rings. The molecule has 0 aromatic carbocycles. The largest absolute Gasteiger partial charge is 0.394 e. The van der Waals surface area contributed by atoms with Gasteiger partial charge in [-0.3, -0.25) is 57.7 Å². The number of azide groups is 1. The molecule has 11 amide bonds. The lowest BCUT2D eigenvalue weighted by Crippen LogP contribution is -2.61. The Morgan fingerprint density at radius 1 is 0.615 bits per heavy atom. The van der Waals surface area contributed by atoms with E-state index in [1.165, 1.54) is 6.92 Å². The summed E-state index contributed by atoms with van der Waals surface area (Å²) in [4.78, 5) is 152. The summed E-state index contributed by atoms with van der Waals surface area (Å²) < 4.78 is 0. The van der Waals surface area contributed by atoms with Crippen LogP contribution in [0.25, 0.3) is 10.4 Å². The Balaban J connectivity index is 6.60. The monoisotopic (exact) mass is 1100 g/mol. The second kappa shape index (κ2) is 38.7. The van der Waals surface area contributed by atoms with Crippen molar-refractivity contribution in [3.8, 4) is 12.3 Å². The summed E-state index contributed by atoms with van der Waals surface area (Å²) in [7, 11) is 0. The standard InChI is InChI=1S/C48H84N18O12/c1-8-27(5)15-16-32(43(74)63-35(23-26(3)4)45(76)60-30(40(51)71)14-12-21-55-48(52)53)61-42(73)33(17-18-37(50)69)62-47(78)39(28(6)9-2)65-46(77)36(25-67)64-44(75)34(19-22-57-66-54)59-38(70)24-56-41(72)31(58-29(7)68)13-10-11-20-49/h1,26-28,30-36,39,67H,9-25,49H2,2-7H3,(H2,50,69)(H2,51,71)(H,56,72)(H,58,68)(H,59,70)(H,60,76)(H,61,73)(H,62,78)(H,63,74)(H,64,75)(H,65,77)(H4,52,53,55)/t27?,28-,30-,31-,32-,33-,34-,35-,36-,39-/m0/s1. The normalized spacial score (nSPS) is 14.6. The smallest absolute Gasteiger partial charge is 0.245 e. The third-order valence-electron chi connectivity index (χ3n) is 12.0. The summed E-state index contributed by atoms with van der Waals surface area (Å²) in [5.41, 5.74) is 36.1. The molecule has 0 aromatic rings. The van der Waals surface area contributed by atoms with E-state index in [9.17, 15) is 57.8 Å². The van der Waals surface area contributed by atoms with Crippen LogP contribution in [0.1, 0.15) is 119 Å². The number of primary amides is 2. The van der Waals surface area contributed by atoms with Crippen molar-refractivity contribution in [1.29, 1.82) is 0 Å². The molecule has 78 heavy (non-hydrogen) atoms. The molecule has 10 atom stereocenters. The van der Waals surface area contributed by atoms with Gasteiger partial charge < -0.3 is 81.6 Å². The molecule has 0 aromatic heterocycles. The molecular formula is C48H84N18O12. The number of hydrogen-bond acceptors (Lipinski definition) is 15. The van der Waals surface area contributed by atoms with Crippen LogP contribution in [0.3, 0.4) is 0 Å². The molecule has 20 N–H and O–H groups in total. The molecule has 0 spiro atoms. The van der Waals surface area contributed by atoms with Crippen molar-refractivity contribution in [2.75, 3.05) is 32.8 Å². The lowest BCUT2D eigenvalue weighted by molar-refractivity contribution is -0.137. The second-order valence-corrected chi connectivity index (χ2v) is 19.1. The van der Waals surface area contributed by atoms with Gasteiger partial charge in [-0.1, -0.05) is 46.2 Å². The molecular weight excluding hydrogens is 1020 g/mol. The Hall–Kier alpha value is -7.77. The van der Waals surface area contributed by atoms with Gasteiger partial charge in [0.2, 0.25) is 65.0 Å². The minimum atomic E-state index is -1.76. The number of carbonyl (C=O) groups is 11. The lowest BCUT2D eigenvalue weighted by atomic mass is 9.96. The van der Waals surface area contributed by atoms with Crippen molar-refractivity contribution in [2.24, 2.45) is 56.5 Å². The van der Waals surface area contributed by atoms with Gasteiger partial charge in [0.25, 0.3) is 0 Å². The fraction of sp³-hybridized carbons (Fsp3) is 0.708. The van der Waals surface area contributed by atoms with Crippen molar-refractivity contribution >= 4 is 70.9 Å². The van der Waals surface area contributed by atoms with E-state index in [0.29, 0.717) is 19.4 Å². The predicted molar refractivity (Wildman–Crippen MR) is 286 cm³/mol. The van der Waals surface area contributed by atoms with Gasteiger partial charge in [0.05, 0.1) is 13.2 Å². The van der Waals surface area contributed by atoms with E-state index in [1.54, 1.807) is 34.6 Å². The average Bonchev–Trinajstić information content (AvgIpc) is 3.37. The minimum absolute atomic E-state index is 0.0661. The van der Waals surface area contributed by atoms with Crippen LogP contribution in [0.2, 0.25) is 0 Å². The van der Waals surface area contributed by atoms with Gasteiger partial charge in [0.1, 0.15) is 48.3 Å². The first-order chi connectivity index (χ1) is 36.7. The molecule has 0 radical (unpaired) electrons. The van der Waals surface area contributed by atoms with Gasteiger partial charge in [-0.05, 0) is 88.1 Å². The van der Waals surface area contributed by atoms with Gasteiger partial charge in [0.15, 0.2) is 5.96 Å². The number of rotatable bonds is 40. The number of aliphatic hydroxyl groups is 1. The first kappa shape index (κ1) is 70.2. The minimum Gasteiger partial charge on any atom is -0.394 e. The second-order valence-electron chi connectivity index (χ2n) is 19.1. The van der Waals surface area contributed by atoms with Gasteiger partial charge in [-0.15, -0.1) is 12.3 Å². The zero-order valence-electron chi connectivity index (χ0n) is 45.6.